The lowest BCUT2D eigenvalue weighted by atomic mass is 10.0. The molecular weight excluding hydrogens is 168 g/mol. The van der Waals surface area contributed by atoms with E-state index >= 15 is 0 Å². The Bertz CT molecular complexity index is 434. The quantitative estimate of drug-likeness (QED) is 0.623. The third-order valence-corrected chi connectivity index (χ3v) is 2.08. The van der Waals surface area contributed by atoms with Gasteiger partial charge >= 0.3 is 0 Å². The van der Waals surface area contributed by atoms with Gasteiger partial charge in [0.2, 0.25) is 11.0 Å². The van der Waals surface area contributed by atoms with Crippen molar-refractivity contribution >= 4 is 11.0 Å². The maximum Gasteiger partial charge on any atom is 0.248 e. The van der Waals surface area contributed by atoms with E-state index in [-0.39, 0.29) is 0 Å². The summed E-state index contributed by atoms with van der Waals surface area (Å²) in [6.07, 6.45) is 0. The van der Waals surface area contributed by atoms with Crippen LogP contribution >= 0.6 is 0 Å². The Morgan fingerprint density at radius 2 is 2.23 bits per heavy atom. The molecule has 0 radical (unpaired) electrons. The van der Waals surface area contributed by atoms with Crippen molar-refractivity contribution in [1.29, 1.82) is 0 Å². The van der Waals surface area contributed by atoms with Gasteiger partial charge in [0.15, 0.2) is 0 Å². The second-order valence-electron chi connectivity index (χ2n) is 3.33. The van der Waals surface area contributed by atoms with Crippen LogP contribution in [-0.4, -0.2) is 5.16 Å². The Labute approximate surface area is 75.3 Å². The summed E-state index contributed by atoms with van der Waals surface area (Å²) < 4.78 is 4.46. The molecule has 0 fully saturated rings. The van der Waals surface area contributed by atoms with E-state index < -0.39 is 0 Å². The van der Waals surface area contributed by atoms with Gasteiger partial charge in [-0.25, -0.2) is 0 Å². The summed E-state index contributed by atoms with van der Waals surface area (Å²) in [4.78, 5) is 0.416. The van der Waals surface area contributed by atoms with Gasteiger partial charge in [-0.15, -0.1) is 0 Å². The third-order valence-electron chi connectivity index (χ3n) is 2.08. The van der Waals surface area contributed by atoms with Gasteiger partial charge < -0.3 is 5.21 Å². The van der Waals surface area contributed by atoms with E-state index in [1.807, 2.05) is 12.1 Å². The van der Waals surface area contributed by atoms with E-state index in [0.717, 1.165) is 5.56 Å². The van der Waals surface area contributed by atoms with Crippen molar-refractivity contribution < 1.29 is 9.53 Å². The first kappa shape index (κ1) is 8.04. The summed E-state index contributed by atoms with van der Waals surface area (Å²) in [5.41, 5.74) is 2.24. The Balaban J connectivity index is 2.63. The van der Waals surface area contributed by atoms with Gasteiger partial charge in [-0.1, -0.05) is 19.9 Å². The smallest absolute Gasteiger partial charge is 0.248 e. The Kier molecular flexibility index (Phi) is 1.69. The number of nitrogens with zero attached hydrogens (tertiary/aromatic N) is 2. The molecule has 0 unspecified atom stereocenters. The number of fused-ring (bicyclic) bond motifs is 1. The molecule has 0 aliphatic heterocycles. The van der Waals surface area contributed by atoms with Gasteiger partial charge in [-0.3, -0.25) is 4.63 Å². The molecule has 4 heteroatoms. The fourth-order valence-electron chi connectivity index (χ4n) is 1.25. The summed E-state index contributed by atoms with van der Waals surface area (Å²) in [5, 5.41) is 14.6. The third kappa shape index (κ3) is 1.24. The highest BCUT2D eigenvalue weighted by Crippen LogP contribution is 2.17. The maximum atomic E-state index is 10.9. The van der Waals surface area contributed by atoms with Crippen molar-refractivity contribution in [3.05, 3.63) is 29.0 Å². The minimum atomic E-state index is 0.416. The van der Waals surface area contributed by atoms with Crippen LogP contribution in [0, 0.1) is 5.21 Å². The van der Waals surface area contributed by atoms with E-state index in [4.69, 9.17) is 0 Å². The Morgan fingerprint density at radius 3 is 2.92 bits per heavy atom. The minimum Gasteiger partial charge on any atom is -0.359 e. The summed E-state index contributed by atoms with van der Waals surface area (Å²) in [5.74, 6) is 0.432. The lowest BCUT2D eigenvalue weighted by Crippen LogP contribution is -2.22. The number of hydrogen-bond acceptors (Lipinski definition) is 3. The fraction of sp³-hybridized carbons (Fsp3) is 0.333. The highest BCUT2D eigenvalue weighted by Gasteiger charge is 2.10. The first-order chi connectivity index (χ1) is 6.18. The number of aromatic nitrogens is 2. The lowest BCUT2D eigenvalue weighted by molar-refractivity contribution is -0.782. The Hall–Kier alpha value is -1.58. The predicted octanol–water partition coefficient (Wildman–Crippen LogP) is 1.58. The van der Waals surface area contributed by atoms with Crippen molar-refractivity contribution in [2.75, 3.05) is 0 Å². The minimum absolute atomic E-state index is 0.416. The van der Waals surface area contributed by atoms with E-state index in [1.165, 1.54) is 0 Å². The molecule has 4 nitrogen and oxygen atoms in total. The molecule has 0 saturated carbocycles. The standard InChI is InChI=1S/C9H10N2O2/c1-6(2)7-3-4-9-8(5-7)10-13-11(9)12/h3-6H,1-2H3. The van der Waals surface area contributed by atoms with Gasteiger partial charge in [-0.05, 0) is 28.5 Å². The zero-order chi connectivity index (χ0) is 9.42. The van der Waals surface area contributed by atoms with Crippen LogP contribution in [0.5, 0.6) is 0 Å². The molecule has 2 aromatic rings. The van der Waals surface area contributed by atoms with Gasteiger partial charge in [0.05, 0.1) is 0 Å². The highest BCUT2D eigenvalue weighted by atomic mass is 16.8. The number of rotatable bonds is 1. The SMILES string of the molecule is CC(C)c1ccc2c(c1)no[n+]2[O-]. The summed E-state index contributed by atoms with van der Waals surface area (Å²) >= 11 is 0. The van der Waals surface area contributed by atoms with Crippen LogP contribution in [0.15, 0.2) is 22.8 Å². The molecule has 0 aliphatic rings. The fourth-order valence-corrected chi connectivity index (χ4v) is 1.25. The first-order valence-electron chi connectivity index (χ1n) is 4.18. The monoisotopic (exact) mass is 178 g/mol. The highest BCUT2D eigenvalue weighted by molar-refractivity contribution is 5.71. The molecule has 0 bridgehead atoms. The summed E-state index contributed by atoms with van der Waals surface area (Å²) in [7, 11) is 0. The predicted molar refractivity (Wildman–Crippen MR) is 47.1 cm³/mol. The van der Waals surface area contributed by atoms with Crippen LogP contribution in [0.25, 0.3) is 11.0 Å². The average Bonchev–Trinajstić information content (AvgIpc) is 2.47. The van der Waals surface area contributed by atoms with Gasteiger partial charge in [0, 0.05) is 5.16 Å². The van der Waals surface area contributed by atoms with Crippen LogP contribution in [0.1, 0.15) is 25.3 Å². The van der Waals surface area contributed by atoms with Crippen molar-refractivity contribution in [2.45, 2.75) is 19.8 Å². The first-order valence-corrected chi connectivity index (χ1v) is 4.18. The molecule has 2 rings (SSSR count). The zero-order valence-corrected chi connectivity index (χ0v) is 7.52. The lowest BCUT2D eigenvalue weighted by Gasteiger charge is -2.01. The Morgan fingerprint density at radius 1 is 1.46 bits per heavy atom. The molecule has 1 heterocycles. The van der Waals surface area contributed by atoms with Crippen molar-refractivity contribution in [1.82, 2.24) is 5.16 Å². The molecule has 0 amide bonds. The molecule has 0 saturated heterocycles. The van der Waals surface area contributed by atoms with E-state index in [2.05, 4.69) is 23.6 Å². The van der Waals surface area contributed by atoms with Crippen LogP contribution in [0.2, 0.25) is 0 Å². The molecule has 68 valence electrons. The second kappa shape index (κ2) is 2.73. The molecule has 1 aromatic heterocycles. The molecule has 0 atom stereocenters. The number of benzene rings is 1. The van der Waals surface area contributed by atoms with Crippen LogP contribution in [-0.2, 0) is 0 Å². The molecule has 0 aliphatic carbocycles. The molecular formula is C9H10N2O2. The van der Waals surface area contributed by atoms with Crippen LogP contribution in [0.3, 0.4) is 0 Å². The summed E-state index contributed by atoms with van der Waals surface area (Å²) in [6, 6.07) is 5.52. The van der Waals surface area contributed by atoms with Crippen molar-refractivity contribution in [2.24, 2.45) is 0 Å². The molecule has 13 heavy (non-hydrogen) atoms. The topological polar surface area (TPSA) is 53.0 Å². The van der Waals surface area contributed by atoms with Gasteiger partial charge in [-0.2, -0.15) is 0 Å². The number of hydrogen-bond donors (Lipinski definition) is 0. The summed E-state index contributed by atoms with van der Waals surface area (Å²) in [6.45, 7) is 4.18. The normalized spacial score (nSPS) is 11.3. The van der Waals surface area contributed by atoms with Gasteiger partial charge in [0.25, 0.3) is 0 Å². The van der Waals surface area contributed by atoms with E-state index in [1.54, 1.807) is 6.07 Å². The second-order valence-corrected chi connectivity index (χ2v) is 3.33. The largest absolute Gasteiger partial charge is 0.359 e. The van der Waals surface area contributed by atoms with Crippen molar-refractivity contribution in [3.63, 3.8) is 0 Å². The zero-order valence-electron chi connectivity index (χ0n) is 7.52. The molecule has 0 N–H and O–H groups in total. The maximum absolute atomic E-state index is 10.9. The van der Waals surface area contributed by atoms with Crippen LogP contribution < -0.4 is 4.90 Å². The van der Waals surface area contributed by atoms with E-state index in [9.17, 15) is 5.21 Å². The average molecular weight is 178 g/mol. The van der Waals surface area contributed by atoms with Crippen LogP contribution in [0.4, 0.5) is 0 Å². The molecule has 1 aromatic carbocycles. The van der Waals surface area contributed by atoms with E-state index in [0.29, 0.717) is 21.9 Å². The molecule has 0 spiro atoms. The van der Waals surface area contributed by atoms with Crippen molar-refractivity contribution in [3.8, 4) is 0 Å². The van der Waals surface area contributed by atoms with Gasteiger partial charge in [0.1, 0.15) is 0 Å².